The number of benzene rings is 1. The maximum Gasteiger partial charge on any atom is 0.119 e. The largest absolute Gasteiger partial charge is 0.497 e. The minimum absolute atomic E-state index is 0.0423. The fourth-order valence-corrected chi connectivity index (χ4v) is 2.89. The van der Waals surface area contributed by atoms with Crippen molar-refractivity contribution >= 4 is 11.6 Å². The lowest BCUT2D eigenvalue weighted by Gasteiger charge is -2.34. The van der Waals surface area contributed by atoms with Gasteiger partial charge in [-0.3, -0.25) is 4.90 Å². The number of nitrogens with zero attached hydrogens (tertiary/aromatic N) is 1. The highest BCUT2D eigenvalue weighted by atomic mass is 35.5. The van der Waals surface area contributed by atoms with Crippen molar-refractivity contribution in [3.63, 3.8) is 0 Å². The molecule has 0 aliphatic carbocycles. The second kappa shape index (κ2) is 6.44. The lowest BCUT2D eigenvalue weighted by Crippen LogP contribution is -2.39. The van der Waals surface area contributed by atoms with Crippen molar-refractivity contribution in [3.8, 4) is 5.75 Å². The van der Waals surface area contributed by atoms with Gasteiger partial charge in [0.25, 0.3) is 0 Å². The summed E-state index contributed by atoms with van der Waals surface area (Å²) in [5.41, 5.74) is 1.15. The van der Waals surface area contributed by atoms with Crippen LogP contribution in [-0.2, 0) is 0 Å². The molecule has 0 aromatic heterocycles. The Morgan fingerprint density at radius 3 is 3.00 bits per heavy atom. The summed E-state index contributed by atoms with van der Waals surface area (Å²) in [6.07, 6.45) is 3.94. The molecule has 1 heterocycles. The van der Waals surface area contributed by atoms with Gasteiger partial charge in [-0.25, -0.2) is 0 Å². The first-order chi connectivity index (χ1) is 8.70. The third kappa shape index (κ3) is 3.39. The van der Waals surface area contributed by atoms with Gasteiger partial charge in [0.2, 0.25) is 0 Å². The number of piperidine rings is 1. The van der Waals surface area contributed by atoms with Gasteiger partial charge in [0, 0.05) is 12.6 Å². The summed E-state index contributed by atoms with van der Waals surface area (Å²) in [5.74, 6) is 0.879. The Labute approximate surface area is 115 Å². The molecule has 2 atom stereocenters. The third-order valence-corrected chi connectivity index (χ3v) is 4.18. The van der Waals surface area contributed by atoms with Crippen molar-refractivity contribution in [3.05, 3.63) is 29.8 Å². The van der Waals surface area contributed by atoms with Crippen molar-refractivity contribution in [2.45, 2.75) is 37.6 Å². The van der Waals surface area contributed by atoms with Crippen molar-refractivity contribution in [1.29, 1.82) is 0 Å². The summed E-state index contributed by atoms with van der Waals surface area (Å²) in [5, 5.41) is 0.0423. The molecule has 100 valence electrons. The molecule has 0 bridgehead atoms. The summed E-state index contributed by atoms with van der Waals surface area (Å²) < 4.78 is 5.24. The van der Waals surface area contributed by atoms with E-state index < -0.39 is 0 Å². The summed E-state index contributed by atoms with van der Waals surface area (Å²) in [6, 6.07) is 8.73. The number of ether oxygens (including phenoxy) is 1. The van der Waals surface area contributed by atoms with Gasteiger partial charge in [0.1, 0.15) is 5.75 Å². The lowest BCUT2D eigenvalue weighted by molar-refractivity contribution is 0.161. The molecule has 18 heavy (non-hydrogen) atoms. The Morgan fingerprint density at radius 1 is 1.44 bits per heavy atom. The van der Waals surface area contributed by atoms with Crippen LogP contribution >= 0.6 is 11.6 Å². The van der Waals surface area contributed by atoms with E-state index in [1.165, 1.54) is 25.8 Å². The zero-order valence-corrected chi connectivity index (χ0v) is 12.0. The molecule has 1 saturated heterocycles. The maximum absolute atomic E-state index is 6.54. The van der Waals surface area contributed by atoms with Crippen LogP contribution in [0.2, 0.25) is 0 Å². The molecular weight excluding hydrogens is 246 g/mol. The standard InChI is InChI=1S/C15H22ClNO/c1-12-6-3-4-9-17(12)11-15(16)13-7-5-8-14(10-13)18-2/h5,7-8,10,12,15H,3-4,6,9,11H2,1-2H3. The van der Waals surface area contributed by atoms with Gasteiger partial charge >= 0.3 is 0 Å². The Hall–Kier alpha value is -0.730. The topological polar surface area (TPSA) is 12.5 Å². The van der Waals surface area contributed by atoms with Crippen LogP contribution in [-0.4, -0.2) is 31.1 Å². The first-order valence-electron chi connectivity index (χ1n) is 6.73. The van der Waals surface area contributed by atoms with E-state index in [1.807, 2.05) is 18.2 Å². The Kier molecular flexibility index (Phi) is 4.90. The normalized spacial score (nSPS) is 22.7. The van der Waals surface area contributed by atoms with Gasteiger partial charge in [0.15, 0.2) is 0 Å². The summed E-state index contributed by atoms with van der Waals surface area (Å²) in [4.78, 5) is 2.50. The molecule has 0 saturated carbocycles. The van der Waals surface area contributed by atoms with E-state index in [9.17, 15) is 0 Å². The molecule has 1 aliphatic heterocycles. The van der Waals surface area contributed by atoms with Crippen LogP contribution in [0, 0.1) is 0 Å². The minimum Gasteiger partial charge on any atom is -0.497 e. The summed E-state index contributed by atoms with van der Waals surface area (Å²) in [7, 11) is 1.69. The number of rotatable bonds is 4. The SMILES string of the molecule is COc1cccc(C(Cl)CN2CCCCC2C)c1. The number of hydrogen-bond acceptors (Lipinski definition) is 2. The highest BCUT2D eigenvalue weighted by Gasteiger charge is 2.21. The second-order valence-corrected chi connectivity index (χ2v) is 5.61. The molecule has 2 rings (SSSR count). The molecule has 0 amide bonds. The van der Waals surface area contributed by atoms with Crippen LogP contribution in [0.25, 0.3) is 0 Å². The van der Waals surface area contributed by atoms with E-state index in [0.717, 1.165) is 17.9 Å². The van der Waals surface area contributed by atoms with Crippen LogP contribution in [0.5, 0.6) is 5.75 Å². The van der Waals surface area contributed by atoms with Gasteiger partial charge in [-0.2, -0.15) is 0 Å². The van der Waals surface area contributed by atoms with Crippen molar-refractivity contribution in [2.24, 2.45) is 0 Å². The van der Waals surface area contributed by atoms with Gasteiger partial charge in [-0.15, -0.1) is 11.6 Å². The van der Waals surface area contributed by atoms with Gasteiger partial charge in [-0.1, -0.05) is 18.6 Å². The van der Waals surface area contributed by atoms with E-state index in [0.29, 0.717) is 6.04 Å². The lowest BCUT2D eigenvalue weighted by atomic mass is 10.0. The second-order valence-electron chi connectivity index (χ2n) is 5.08. The van der Waals surface area contributed by atoms with E-state index in [4.69, 9.17) is 16.3 Å². The Balaban J connectivity index is 1.99. The first-order valence-corrected chi connectivity index (χ1v) is 7.16. The zero-order chi connectivity index (χ0) is 13.0. The summed E-state index contributed by atoms with van der Waals surface area (Å²) in [6.45, 7) is 4.40. The van der Waals surface area contributed by atoms with Crippen molar-refractivity contribution in [2.75, 3.05) is 20.2 Å². The van der Waals surface area contributed by atoms with E-state index in [-0.39, 0.29) is 5.38 Å². The highest BCUT2D eigenvalue weighted by Crippen LogP contribution is 2.27. The van der Waals surface area contributed by atoms with E-state index in [1.54, 1.807) is 7.11 Å². The zero-order valence-electron chi connectivity index (χ0n) is 11.2. The minimum atomic E-state index is 0.0423. The molecule has 3 heteroatoms. The molecule has 1 aromatic carbocycles. The monoisotopic (exact) mass is 267 g/mol. The predicted octanol–water partition coefficient (Wildman–Crippen LogP) is 3.85. The molecular formula is C15H22ClNO. The van der Waals surface area contributed by atoms with Crippen molar-refractivity contribution < 1.29 is 4.74 Å². The molecule has 2 nitrogen and oxygen atoms in total. The van der Waals surface area contributed by atoms with Crippen LogP contribution < -0.4 is 4.74 Å². The average Bonchev–Trinajstić information content (AvgIpc) is 2.41. The van der Waals surface area contributed by atoms with Crippen LogP contribution in [0.1, 0.15) is 37.1 Å². The fourth-order valence-electron chi connectivity index (χ4n) is 2.58. The molecule has 1 aliphatic rings. The maximum atomic E-state index is 6.54. The molecule has 1 aromatic rings. The van der Waals surface area contributed by atoms with E-state index >= 15 is 0 Å². The van der Waals surface area contributed by atoms with Gasteiger partial charge in [0.05, 0.1) is 12.5 Å². The van der Waals surface area contributed by atoms with Gasteiger partial charge < -0.3 is 4.74 Å². The molecule has 2 unspecified atom stereocenters. The van der Waals surface area contributed by atoms with Gasteiger partial charge in [-0.05, 0) is 44.0 Å². The van der Waals surface area contributed by atoms with Crippen LogP contribution in [0.15, 0.2) is 24.3 Å². The first kappa shape index (κ1) is 13.7. The van der Waals surface area contributed by atoms with E-state index in [2.05, 4.69) is 17.9 Å². The molecule has 0 spiro atoms. The van der Waals surface area contributed by atoms with Crippen LogP contribution in [0.4, 0.5) is 0 Å². The summed E-state index contributed by atoms with van der Waals surface area (Å²) >= 11 is 6.54. The molecule has 1 fully saturated rings. The Morgan fingerprint density at radius 2 is 2.28 bits per heavy atom. The van der Waals surface area contributed by atoms with Crippen molar-refractivity contribution in [1.82, 2.24) is 4.90 Å². The number of alkyl halides is 1. The van der Waals surface area contributed by atoms with Crippen LogP contribution in [0.3, 0.4) is 0 Å². The number of halogens is 1. The third-order valence-electron chi connectivity index (χ3n) is 3.79. The quantitative estimate of drug-likeness (QED) is 0.769. The Bertz CT molecular complexity index is 383. The predicted molar refractivity (Wildman–Crippen MR) is 76.5 cm³/mol. The number of likely N-dealkylation sites (tertiary alicyclic amines) is 1. The highest BCUT2D eigenvalue weighted by molar-refractivity contribution is 6.21. The molecule has 0 radical (unpaired) electrons. The molecule has 0 N–H and O–H groups in total. The number of hydrogen-bond donors (Lipinski definition) is 0. The fraction of sp³-hybridized carbons (Fsp3) is 0.600. The number of methoxy groups -OCH3 is 1. The average molecular weight is 268 g/mol. The smallest absolute Gasteiger partial charge is 0.119 e.